The zero-order chi connectivity index (χ0) is 15.4. The highest BCUT2D eigenvalue weighted by atomic mass is 16.1. The molecule has 21 heavy (non-hydrogen) atoms. The Morgan fingerprint density at radius 1 is 1.19 bits per heavy atom. The van der Waals surface area contributed by atoms with Crippen molar-refractivity contribution in [3.05, 3.63) is 74.7 Å². The number of rotatable bonds is 4. The lowest BCUT2D eigenvalue weighted by atomic mass is 10.0. The molecule has 0 saturated carbocycles. The van der Waals surface area contributed by atoms with E-state index in [9.17, 15) is 9.59 Å². The van der Waals surface area contributed by atoms with Crippen molar-refractivity contribution < 1.29 is 4.79 Å². The van der Waals surface area contributed by atoms with Crippen LogP contribution in [-0.2, 0) is 6.42 Å². The quantitative estimate of drug-likeness (QED) is 0.689. The molecule has 2 rings (SSSR count). The summed E-state index contributed by atoms with van der Waals surface area (Å²) < 4.78 is 0. The highest BCUT2D eigenvalue weighted by Crippen LogP contribution is 2.09. The van der Waals surface area contributed by atoms with Crippen LogP contribution in [0.25, 0.3) is 6.08 Å². The standard InChI is InChI=1S/C18H19NO2/c1-4-14-5-7-15(8-6-14)9-10-16(20)17-12(2)11-13(3)19-18(17)21/h5-11H,4H2,1-3H3,(H,19,21)/b10-9+. The molecule has 3 heteroatoms. The van der Waals surface area contributed by atoms with Gasteiger partial charge in [-0.25, -0.2) is 0 Å². The van der Waals surface area contributed by atoms with Crippen LogP contribution >= 0.6 is 0 Å². The first-order chi connectivity index (χ1) is 10.0. The number of hydrogen-bond donors (Lipinski definition) is 1. The molecule has 0 bridgehead atoms. The first-order valence-electron chi connectivity index (χ1n) is 7.03. The Balaban J connectivity index is 2.25. The van der Waals surface area contributed by atoms with Crippen molar-refractivity contribution in [2.24, 2.45) is 0 Å². The van der Waals surface area contributed by atoms with E-state index < -0.39 is 0 Å². The molecular formula is C18H19NO2. The van der Waals surface area contributed by atoms with Gasteiger partial charge in [0.05, 0.1) is 5.56 Å². The Hall–Kier alpha value is -2.42. The van der Waals surface area contributed by atoms with Gasteiger partial charge in [0, 0.05) is 5.69 Å². The van der Waals surface area contributed by atoms with Crippen LogP contribution in [0.15, 0.2) is 41.2 Å². The molecule has 1 aromatic carbocycles. The molecule has 0 aliphatic heterocycles. The summed E-state index contributed by atoms with van der Waals surface area (Å²) in [7, 11) is 0. The number of aromatic nitrogens is 1. The largest absolute Gasteiger partial charge is 0.326 e. The lowest BCUT2D eigenvalue weighted by molar-refractivity contribution is 0.104. The minimum Gasteiger partial charge on any atom is -0.326 e. The summed E-state index contributed by atoms with van der Waals surface area (Å²) >= 11 is 0. The third-order valence-electron chi connectivity index (χ3n) is 3.43. The van der Waals surface area contributed by atoms with E-state index in [4.69, 9.17) is 0 Å². The Kier molecular flexibility index (Phi) is 4.53. The summed E-state index contributed by atoms with van der Waals surface area (Å²) in [5, 5.41) is 0. The number of aryl methyl sites for hydroxylation is 3. The van der Waals surface area contributed by atoms with Crippen molar-refractivity contribution in [2.45, 2.75) is 27.2 Å². The molecule has 0 radical (unpaired) electrons. The average Bonchev–Trinajstić information content (AvgIpc) is 2.44. The van der Waals surface area contributed by atoms with Gasteiger partial charge in [0.1, 0.15) is 0 Å². The second-order valence-corrected chi connectivity index (χ2v) is 5.13. The topological polar surface area (TPSA) is 49.9 Å². The SMILES string of the molecule is CCc1ccc(/C=C/C(=O)c2c(C)cc(C)[nH]c2=O)cc1. The zero-order valence-corrected chi connectivity index (χ0v) is 12.6. The Labute approximate surface area is 124 Å². The number of hydrogen-bond acceptors (Lipinski definition) is 2. The Morgan fingerprint density at radius 3 is 2.43 bits per heavy atom. The summed E-state index contributed by atoms with van der Waals surface area (Å²) in [6.45, 7) is 5.67. The number of carbonyl (C=O) groups excluding carboxylic acids is 1. The van der Waals surface area contributed by atoms with E-state index in [1.807, 2.05) is 24.3 Å². The van der Waals surface area contributed by atoms with E-state index in [1.54, 1.807) is 26.0 Å². The molecule has 1 N–H and O–H groups in total. The van der Waals surface area contributed by atoms with Gasteiger partial charge >= 0.3 is 0 Å². The smallest absolute Gasteiger partial charge is 0.259 e. The minimum atomic E-state index is -0.330. The van der Waals surface area contributed by atoms with Gasteiger partial charge in [-0.05, 0) is 49.1 Å². The average molecular weight is 281 g/mol. The van der Waals surface area contributed by atoms with Crippen molar-refractivity contribution in [2.75, 3.05) is 0 Å². The third-order valence-corrected chi connectivity index (χ3v) is 3.43. The lowest BCUT2D eigenvalue weighted by Gasteiger charge is -2.02. The molecule has 108 valence electrons. The molecule has 2 aromatic rings. The normalized spacial score (nSPS) is 11.0. The first-order valence-corrected chi connectivity index (χ1v) is 7.03. The number of ketones is 1. The molecule has 0 unspecified atom stereocenters. The molecule has 1 aromatic heterocycles. The van der Waals surface area contributed by atoms with Gasteiger partial charge in [-0.1, -0.05) is 37.3 Å². The fourth-order valence-electron chi connectivity index (χ4n) is 2.28. The Morgan fingerprint density at radius 2 is 1.86 bits per heavy atom. The summed E-state index contributed by atoms with van der Waals surface area (Å²) in [5.41, 5.74) is 3.54. The van der Waals surface area contributed by atoms with Crippen molar-refractivity contribution >= 4 is 11.9 Å². The molecule has 0 amide bonds. The number of nitrogens with one attached hydrogen (secondary N) is 1. The predicted octanol–water partition coefficient (Wildman–Crippen LogP) is 3.45. The molecule has 0 saturated heterocycles. The fourth-order valence-corrected chi connectivity index (χ4v) is 2.28. The third kappa shape index (κ3) is 3.57. The van der Waals surface area contributed by atoms with E-state index in [1.165, 1.54) is 11.6 Å². The van der Waals surface area contributed by atoms with Crippen LogP contribution in [-0.4, -0.2) is 10.8 Å². The van der Waals surface area contributed by atoms with E-state index in [2.05, 4.69) is 11.9 Å². The number of allylic oxidation sites excluding steroid dienone is 1. The molecular weight excluding hydrogens is 262 g/mol. The number of H-pyrrole nitrogens is 1. The molecule has 1 heterocycles. The number of pyridine rings is 1. The molecule has 0 aliphatic carbocycles. The highest BCUT2D eigenvalue weighted by Gasteiger charge is 2.11. The second kappa shape index (κ2) is 6.35. The number of aromatic amines is 1. The van der Waals surface area contributed by atoms with Crippen LogP contribution in [0.3, 0.4) is 0 Å². The first kappa shape index (κ1) is 15.0. The van der Waals surface area contributed by atoms with Crippen LogP contribution < -0.4 is 5.56 Å². The van der Waals surface area contributed by atoms with E-state index in [0.29, 0.717) is 5.56 Å². The summed E-state index contributed by atoms with van der Waals surface area (Å²) in [6.07, 6.45) is 4.18. The summed E-state index contributed by atoms with van der Waals surface area (Å²) in [5.74, 6) is -0.270. The second-order valence-electron chi connectivity index (χ2n) is 5.13. The van der Waals surface area contributed by atoms with E-state index in [0.717, 1.165) is 17.7 Å². The predicted molar refractivity (Wildman–Crippen MR) is 85.7 cm³/mol. The van der Waals surface area contributed by atoms with Crippen LogP contribution in [0, 0.1) is 13.8 Å². The van der Waals surface area contributed by atoms with Crippen LogP contribution in [0.5, 0.6) is 0 Å². The molecule has 0 aliphatic rings. The Bertz CT molecular complexity index is 737. The van der Waals surface area contributed by atoms with Gasteiger partial charge < -0.3 is 4.98 Å². The molecule has 0 spiro atoms. The zero-order valence-electron chi connectivity index (χ0n) is 12.6. The number of carbonyl (C=O) groups is 1. The van der Waals surface area contributed by atoms with Gasteiger partial charge in [-0.2, -0.15) is 0 Å². The maximum Gasteiger partial charge on any atom is 0.259 e. The monoisotopic (exact) mass is 281 g/mol. The maximum absolute atomic E-state index is 12.2. The summed E-state index contributed by atoms with van der Waals surface area (Å²) in [6, 6.07) is 9.81. The van der Waals surface area contributed by atoms with E-state index in [-0.39, 0.29) is 16.9 Å². The van der Waals surface area contributed by atoms with Gasteiger partial charge in [-0.3, -0.25) is 9.59 Å². The van der Waals surface area contributed by atoms with Crippen molar-refractivity contribution in [3.8, 4) is 0 Å². The van der Waals surface area contributed by atoms with Gasteiger partial charge in [0.2, 0.25) is 0 Å². The van der Waals surface area contributed by atoms with Crippen LogP contribution in [0.2, 0.25) is 0 Å². The van der Waals surface area contributed by atoms with E-state index >= 15 is 0 Å². The van der Waals surface area contributed by atoms with Gasteiger partial charge in [-0.15, -0.1) is 0 Å². The molecule has 0 fully saturated rings. The summed E-state index contributed by atoms with van der Waals surface area (Å²) in [4.78, 5) is 26.7. The molecule has 3 nitrogen and oxygen atoms in total. The lowest BCUT2D eigenvalue weighted by Crippen LogP contribution is -2.19. The minimum absolute atomic E-state index is 0.210. The van der Waals surface area contributed by atoms with Crippen LogP contribution in [0.4, 0.5) is 0 Å². The van der Waals surface area contributed by atoms with Gasteiger partial charge in [0.25, 0.3) is 5.56 Å². The van der Waals surface area contributed by atoms with Gasteiger partial charge in [0.15, 0.2) is 5.78 Å². The van der Waals surface area contributed by atoms with Crippen molar-refractivity contribution in [1.29, 1.82) is 0 Å². The molecule has 0 atom stereocenters. The maximum atomic E-state index is 12.2. The van der Waals surface area contributed by atoms with Crippen LogP contribution in [0.1, 0.15) is 39.7 Å². The van der Waals surface area contributed by atoms with Crippen molar-refractivity contribution in [1.82, 2.24) is 4.98 Å². The number of benzene rings is 1. The van der Waals surface area contributed by atoms with Crippen molar-refractivity contribution in [3.63, 3.8) is 0 Å². The fraction of sp³-hybridized carbons (Fsp3) is 0.222. The highest BCUT2D eigenvalue weighted by molar-refractivity contribution is 6.07.